The maximum atomic E-state index is 4.52. The van der Waals surface area contributed by atoms with Gasteiger partial charge in [0, 0.05) is 13.1 Å². The lowest BCUT2D eigenvalue weighted by atomic mass is 9.78. The van der Waals surface area contributed by atoms with E-state index in [1.165, 1.54) is 27.8 Å². The van der Waals surface area contributed by atoms with Gasteiger partial charge >= 0.3 is 0 Å². The van der Waals surface area contributed by atoms with Gasteiger partial charge in [-0.05, 0) is 67.8 Å². The molecule has 2 atom stereocenters. The predicted molar refractivity (Wildman–Crippen MR) is 103 cm³/mol. The zero-order valence-electron chi connectivity index (χ0n) is 15.3. The molecule has 0 aliphatic carbocycles. The second-order valence-corrected chi connectivity index (χ2v) is 7.50. The van der Waals surface area contributed by atoms with Crippen molar-refractivity contribution in [2.45, 2.75) is 26.7 Å². The minimum Gasteiger partial charge on any atom is -0.305 e. The molecule has 126 valence electrons. The first-order valence-corrected chi connectivity index (χ1v) is 9.00. The molecule has 0 aromatic heterocycles. The molecule has 1 heteroatoms. The van der Waals surface area contributed by atoms with Gasteiger partial charge in [0.05, 0.1) is 0 Å². The standard InChI is InChI=1S/C23H29N/c1-17-10-11-21(12-18(17)2)14-23-16-24(4)15-22(19(23)3)13-20-8-6-5-7-9-20/h5-12,22-23H,3,13-16H2,1-2,4H3. The quantitative estimate of drug-likeness (QED) is 0.730. The summed E-state index contributed by atoms with van der Waals surface area (Å²) >= 11 is 0. The highest BCUT2D eigenvalue weighted by Gasteiger charge is 2.29. The summed E-state index contributed by atoms with van der Waals surface area (Å²) in [7, 11) is 2.25. The molecular weight excluding hydrogens is 290 g/mol. The van der Waals surface area contributed by atoms with Gasteiger partial charge in [-0.3, -0.25) is 0 Å². The highest BCUT2D eigenvalue weighted by Crippen LogP contribution is 2.31. The summed E-state index contributed by atoms with van der Waals surface area (Å²) in [6.07, 6.45) is 2.21. The number of piperidine rings is 1. The number of aryl methyl sites for hydroxylation is 2. The lowest BCUT2D eigenvalue weighted by Gasteiger charge is -2.38. The van der Waals surface area contributed by atoms with Gasteiger partial charge in [0.1, 0.15) is 0 Å². The molecule has 2 aromatic rings. The first kappa shape index (κ1) is 17.0. The van der Waals surface area contributed by atoms with Crippen LogP contribution in [0.15, 0.2) is 60.7 Å². The van der Waals surface area contributed by atoms with Gasteiger partial charge in [-0.15, -0.1) is 0 Å². The summed E-state index contributed by atoms with van der Waals surface area (Å²) in [5, 5.41) is 0. The Labute approximate surface area is 147 Å². The third kappa shape index (κ3) is 3.96. The minimum atomic E-state index is 0.555. The SMILES string of the molecule is C=C1C(Cc2ccccc2)CN(C)CC1Cc1ccc(C)c(C)c1. The molecular formula is C23H29N. The number of rotatable bonds is 4. The van der Waals surface area contributed by atoms with E-state index in [0.29, 0.717) is 11.8 Å². The Bertz CT molecular complexity index is 701. The lowest BCUT2D eigenvalue weighted by molar-refractivity contribution is 0.208. The summed E-state index contributed by atoms with van der Waals surface area (Å²) in [6, 6.07) is 17.7. The van der Waals surface area contributed by atoms with Crippen molar-refractivity contribution in [1.82, 2.24) is 4.90 Å². The maximum Gasteiger partial charge on any atom is 0.00474 e. The summed E-state index contributed by atoms with van der Waals surface area (Å²) in [6.45, 7) is 11.2. The largest absolute Gasteiger partial charge is 0.305 e. The van der Waals surface area contributed by atoms with Crippen molar-refractivity contribution in [1.29, 1.82) is 0 Å². The lowest BCUT2D eigenvalue weighted by Crippen LogP contribution is -2.41. The average molecular weight is 319 g/mol. The number of likely N-dealkylation sites (tertiary alicyclic amines) is 1. The molecule has 0 spiro atoms. The van der Waals surface area contributed by atoms with E-state index in [-0.39, 0.29) is 0 Å². The fraction of sp³-hybridized carbons (Fsp3) is 0.391. The predicted octanol–water partition coefficient (Wildman–Crippen LogP) is 4.82. The van der Waals surface area contributed by atoms with Crippen LogP contribution in [0.2, 0.25) is 0 Å². The Morgan fingerprint density at radius 1 is 0.875 bits per heavy atom. The van der Waals surface area contributed by atoms with Crippen LogP contribution >= 0.6 is 0 Å². The number of hydrogen-bond acceptors (Lipinski definition) is 1. The fourth-order valence-electron chi connectivity index (χ4n) is 3.90. The van der Waals surface area contributed by atoms with Crippen LogP contribution in [0.4, 0.5) is 0 Å². The molecule has 0 amide bonds. The van der Waals surface area contributed by atoms with Crippen LogP contribution in [0, 0.1) is 25.7 Å². The molecule has 0 saturated carbocycles. The molecule has 1 nitrogen and oxygen atoms in total. The van der Waals surface area contributed by atoms with Gasteiger partial charge in [0.15, 0.2) is 0 Å². The van der Waals surface area contributed by atoms with Crippen molar-refractivity contribution in [3.63, 3.8) is 0 Å². The first-order valence-electron chi connectivity index (χ1n) is 9.00. The summed E-state index contributed by atoms with van der Waals surface area (Å²) in [5.74, 6) is 1.11. The molecule has 2 unspecified atom stereocenters. The molecule has 1 fully saturated rings. The van der Waals surface area contributed by atoms with E-state index in [0.717, 1.165) is 25.9 Å². The summed E-state index contributed by atoms with van der Waals surface area (Å²) < 4.78 is 0. The van der Waals surface area contributed by atoms with Gasteiger partial charge in [-0.2, -0.15) is 0 Å². The van der Waals surface area contributed by atoms with E-state index in [2.05, 4.69) is 80.9 Å². The Kier molecular flexibility index (Phi) is 5.20. The first-order chi connectivity index (χ1) is 11.5. The minimum absolute atomic E-state index is 0.555. The van der Waals surface area contributed by atoms with Crippen molar-refractivity contribution in [2.75, 3.05) is 20.1 Å². The van der Waals surface area contributed by atoms with Crippen molar-refractivity contribution in [3.05, 3.63) is 82.9 Å². The van der Waals surface area contributed by atoms with Gasteiger partial charge in [-0.1, -0.05) is 60.7 Å². The maximum absolute atomic E-state index is 4.52. The van der Waals surface area contributed by atoms with Crippen molar-refractivity contribution < 1.29 is 0 Å². The second-order valence-electron chi connectivity index (χ2n) is 7.50. The normalized spacial score (nSPS) is 21.9. The number of benzene rings is 2. The number of nitrogens with zero attached hydrogens (tertiary/aromatic N) is 1. The monoisotopic (exact) mass is 319 g/mol. The molecule has 0 N–H and O–H groups in total. The average Bonchev–Trinajstić information content (AvgIpc) is 2.56. The molecule has 1 heterocycles. The van der Waals surface area contributed by atoms with Gasteiger partial charge in [0.2, 0.25) is 0 Å². The third-order valence-electron chi connectivity index (χ3n) is 5.49. The van der Waals surface area contributed by atoms with Crippen LogP contribution in [0.3, 0.4) is 0 Å². The van der Waals surface area contributed by atoms with Crippen molar-refractivity contribution in [2.24, 2.45) is 11.8 Å². The van der Waals surface area contributed by atoms with Crippen LogP contribution < -0.4 is 0 Å². The van der Waals surface area contributed by atoms with Crippen LogP contribution in [0.25, 0.3) is 0 Å². The number of hydrogen-bond donors (Lipinski definition) is 0. The Morgan fingerprint density at radius 3 is 2.12 bits per heavy atom. The highest BCUT2D eigenvalue weighted by atomic mass is 15.1. The molecule has 24 heavy (non-hydrogen) atoms. The van der Waals surface area contributed by atoms with Gasteiger partial charge in [0.25, 0.3) is 0 Å². The van der Waals surface area contributed by atoms with E-state index >= 15 is 0 Å². The Morgan fingerprint density at radius 2 is 1.50 bits per heavy atom. The molecule has 1 aliphatic rings. The van der Waals surface area contributed by atoms with Crippen LogP contribution in [0.1, 0.15) is 22.3 Å². The van der Waals surface area contributed by atoms with Crippen LogP contribution in [-0.2, 0) is 12.8 Å². The Balaban J connectivity index is 1.73. The van der Waals surface area contributed by atoms with Gasteiger partial charge in [-0.25, -0.2) is 0 Å². The molecule has 0 radical (unpaired) electrons. The summed E-state index contributed by atoms with van der Waals surface area (Å²) in [4.78, 5) is 2.48. The second kappa shape index (κ2) is 7.36. The van der Waals surface area contributed by atoms with E-state index in [9.17, 15) is 0 Å². The van der Waals surface area contributed by atoms with E-state index in [1.54, 1.807) is 0 Å². The van der Waals surface area contributed by atoms with Crippen LogP contribution in [-0.4, -0.2) is 25.0 Å². The van der Waals surface area contributed by atoms with E-state index < -0.39 is 0 Å². The van der Waals surface area contributed by atoms with Crippen molar-refractivity contribution in [3.8, 4) is 0 Å². The smallest absolute Gasteiger partial charge is 0.00474 e. The molecule has 1 aliphatic heterocycles. The zero-order valence-corrected chi connectivity index (χ0v) is 15.3. The molecule has 2 aromatic carbocycles. The van der Waals surface area contributed by atoms with Crippen molar-refractivity contribution >= 4 is 0 Å². The van der Waals surface area contributed by atoms with Crippen LogP contribution in [0.5, 0.6) is 0 Å². The van der Waals surface area contributed by atoms with E-state index in [4.69, 9.17) is 0 Å². The molecule has 3 rings (SSSR count). The zero-order chi connectivity index (χ0) is 17.1. The molecule has 1 saturated heterocycles. The van der Waals surface area contributed by atoms with E-state index in [1.807, 2.05) is 0 Å². The topological polar surface area (TPSA) is 3.24 Å². The third-order valence-corrected chi connectivity index (χ3v) is 5.49. The Hall–Kier alpha value is -1.86. The summed E-state index contributed by atoms with van der Waals surface area (Å²) in [5.41, 5.74) is 7.07. The molecule has 0 bridgehead atoms. The van der Waals surface area contributed by atoms with Gasteiger partial charge < -0.3 is 4.90 Å². The highest BCUT2D eigenvalue weighted by molar-refractivity contribution is 5.31. The fourth-order valence-corrected chi connectivity index (χ4v) is 3.90.